The first kappa shape index (κ1) is 11.5. The van der Waals surface area contributed by atoms with Gasteiger partial charge in [-0.3, -0.25) is 4.98 Å². The Bertz CT molecular complexity index is 496. The molecule has 0 spiro atoms. The van der Waals surface area contributed by atoms with E-state index in [0.717, 1.165) is 30.2 Å². The van der Waals surface area contributed by atoms with Gasteiger partial charge in [-0.05, 0) is 31.0 Å². The van der Waals surface area contributed by atoms with Crippen LogP contribution in [0, 0.1) is 0 Å². The number of anilines is 1. The van der Waals surface area contributed by atoms with Gasteiger partial charge in [-0.15, -0.1) is 0 Å². The van der Waals surface area contributed by atoms with E-state index >= 15 is 0 Å². The maximum absolute atomic E-state index is 4.49. The molecule has 0 aliphatic carbocycles. The number of pyridine rings is 1. The van der Waals surface area contributed by atoms with Crippen LogP contribution in [0.25, 0.3) is 11.4 Å². The van der Waals surface area contributed by atoms with Crippen molar-refractivity contribution in [3.63, 3.8) is 0 Å². The highest BCUT2D eigenvalue weighted by Crippen LogP contribution is 2.20. The molecular formula is C13H16N4. The van der Waals surface area contributed by atoms with E-state index in [1.165, 1.54) is 5.56 Å². The molecular weight excluding hydrogens is 212 g/mol. The highest BCUT2D eigenvalue weighted by molar-refractivity contribution is 5.60. The van der Waals surface area contributed by atoms with Crippen LogP contribution in [-0.4, -0.2) is 21.5 Å². The number of nitrogens with one attached hydrogen (secondary N) is 1. The first-order valence-electron chi connectivity index (χ1n) is 5.85. The maximum atomic E-state index is 4.49. The molecule has 2 aromatic rings. The first-order chi connectivity index (χ1) is 8.35. The van der Waals surface area contributed by atoms with Crippen LogP contribution < -0.4 is 5.32 Å². The van der Waals surface area contributed by atoms with Crippen molar-refractivity contribution in [1.29, 1.82) is 0 Å². The van der Waals surface area contributed by atoms with Gasteiger partial charge < -0.3 is 5.32 Å². The quantitative estimate of drug-likeness (QED) is 0.873. The Hall–Kier alpha value is -1.97. The molecule has 2 rings (SSSR count). The number of aromatic nitrogens is 3. The van der Waals surface area contributed by atoms with Crippen molar-refractivity contribution in [2.45, 2.75) is 20.3 Å². The van der Waals surface area contributed by atoms with Crippen molar-refractivity contribution in [2.75, 3.05) is 11.9 Å². The third-order valence-corrected chi connectivity index (χ3v) is 2.54. The molecule has 0 saturated carbocycles. The highest BCUT2D eigenvalue weighted by atomic mass is 15.0. The molecule has 0 aromatic carbocycles. The van der Waals surface area contributed by atoms with Gasteiger partial charge in [0.25, 0.3) is 0 Å². The molecule has 0 amide bonds. The van der Waals surface area contributed by atoms with Crippen molar-refractivity contribution in [1.82, 2.24) is 15.0 Å². The predicted molar refractivity (Wildman–Crippen MR) is 68.8 cm³/mol. The molecule has 88 valence electrons. The van der Waals surface area contributed by atoms with Gasteiger partial charge in [0.05, 0.1) is 0 Å². The molecule has 2 heterocycles. The van der Waals surface area contributed by atoms with Crippen LogP contribution in [0.5, 0.6) is 0 Å². The second kappa shape index (κ2) is 5.39. The molecule has 0 fully saturated rings. The Kier molecular flexibility index (Phi) is 3.65. The van der Waals surface area contributed by atoms with Crippen LogP contribution in [0.1, 0.15) is 19.4 Å². The number of hydrogen-bond acceptors (Lipinski definition) is 4. The topological polar surface area (TPSA) is 50.7 Å². The lowest BCUT2D eigenvalue weighted by atomic mass is 10.1. The molecule has 0 saturated heterocycles. The number of aryl methyl sites for hydroxylation is 1. The minimum Gasteiger partial charge on any atom is -0.370 e. The average molecular weight is 228 g/mol. The van der Waals surface area contributed by atoms with Gasteiger partial charge in [-0.1, -0.05) is 6.92 Å². The van der Waals surface area contributed by atoms with Crippen molar-refractivity contribution in [3.05, 3.63) is 36.3 Å². The lowest BCUT2D eigenvalue weighted by molar-refractivity contribution is 1.07. The summed E-state index contributed by atoms with van der Waals surface area (Å²) < 4.78 is 0. The summed E-state index contributed by atoms with van der Waals surface area (Å²) >= 11 is 0. The van der Waals surface area contributed by atoms with E-state index in [2.05, 4.69) is 27.2 Å². The second-order valence-electron chi connectivity index (χ2n) is 3.68. The van der Waals surface area contributed by atoms with Gasteiger partial charge >= 0.3 is 0 Å². The summed E-state index contributed by atoms with van der Waals surface area (Å²) in [6.07, 6.45) is 6.36. The summed E-state index contributed by atoms with van der Waals surface area (Å²) in [6.45, 7) is 5.01. The molecule has 0 atom stereocenters. The first-order valence-corrected chi connectivity index (χ1v) is 5.85. The molecule has 1 N–H and O–H groups in total. The number of hydrogen-bond donors (Lipinski definition) is 1. The average Bonchev–Trinajstić information content (AvgIpc) is 2.39. The van der Waals surface area contributed by atoms with E-state index < -0.39 is 0 Å². The van der Waals surface area contributed by atoms with Gasteiger partial charge in [0, 0.05) is 30.7 Å². The fourth-order valence-corrected chi connectivity index (χ4v) is 1.70. The van der Waals surface area contributed by atoms with Gasteiger partial charge in [-0.2, -0.15) is 0 Å². The Morgan fingerprint density at radius 1 is 1.18 bits per heavy atom. The van der Waals surface area contributed by atoms with Crippen LogP contribution in [0.3, 0.4) is 0 Å². The molecule has 0 radical (unpaired) electrons. The minimum absolute atomic E-state index is 0.753. The molecule has 0 bridgehead atoms. The van der Waals surface area contributed by atoms with Crippen LogP contribution >= 0.6 is 0 Å². The molecule has 4 heteroatoms. The molecule has 4 nitrogen and oxygen atoms in total. The summed E-state index contributed by atoms with van der Waals surface area (Å²) in [5.74, 6) is 1.61. The molecule has 0 aliphatic heterocycles. The molecule has 2 aromatic heterocycles. The smallest absolute Gasteiger partial charge is 0.161 e. The summed E-state index contributed by atoms with van der Waals surface area (Å²) in [5.41, 5.74) is 2.23. The summed E-state index contributed by atoms with van der Waals surface area (Å²) in [7, 11) is 0. The van der Waals surface area contributed by atoms with E-state index in [1.54, 1.807) is 12.4 Å². The van der Waals surface area contributed by atoms with Gasteiger partial charge in [0.2, 0.25) is 0 Å². The number of rotatable bonds is 4. The lowest BCUT2D eigenvalue weighted by Crippen LogP contribution is -2.01. The Balaban J connectivity index is 2.41. The lowest BCUT2D eigenvalue weighted by Gasteiger charge is -2.07. The predicted octanol–water partition coefficient (Wildman–Crippen LogP) is 2.53. The van der Waals surface area contributed by atoms with Crippen molar-refractivity contribution in [2.24, 2.45) is 0 Å². The van der Waals surface area contributed by atoms with Gasteiger partial charge in [0.15, 0.2) is 5.82 Å². The van der Waals surface area contributed by atoms with Gasteiger partial charge in [-0.25, -0.2) is 9.97 Å². The van der Waals surface area contributed by atoms with Crippen molar-refractivity contribution >= 4 is 5.82 Å². The Morgan fingerprint density at radius 2 is 2.06 bits per heavy atom. The largest absolute Gasteiger partial charge is 0.370 e. The highest BCUT2D eigenvalue weighted by Gasteiger charge is 2.06. The van der Waals surface area contributed by atoms with Crippen LogP contribution in [0.4, 0.5) is 5.82 Å². The van der Waals surface area contributed by atoms with E-state index in [-0.39, 0.29) is 0 Å². The van der Waals surface area contributed by atoms with Crippen LogP contribution in [-0.2, 0) is 6.42 Å². The SMILES string of the molecule is CCNc1ccnc(-c2ccncc2CC)n1. The zero-order chi connectivity index (χ0) is 12.1. The van der Waals surface area contributed by atoms with Gasteiger partial charge in [0.1, 0.15) is 5.82 Å². The normalized spacial score (nSPS) is 10.2. The fourth-order valence-electron chi connectivity index (χ4n) is 1.70. The zero-order valence-electron chi connectivity index (χ0n) is 10.1. The Morgan fingerprint density at radius 3 is 2.82 bits per heavy atom. The van der Waals surface area contributed by atoms with E-state index in [1.807, 2.05) is 25.3 Å². The summed E-state index contributed by atoms with van der Waals surface area (Å²) in [4.78, 5) is 12.9. The van der Waals surface area contributed by atoms with E-state index in [0.29, 0.717) is 0 Å². The Labute approximate surface area is 101 Å². The zero-order valence-corrected chi connectivity index (χ0v) is 10.1. The molecule has 0 aliphatic rings. The van der Waals surface area contributed by atoms with Crippen LogP contribution in [0.15, 0.2) is 30.7 Å². The van der Waals surface area contributed by atoms with Crippen LogP contribution in [0.2, 0.25) is 0 Å². The third-order valence-electron chi connectivity index (χ3n) is 2.54. The minimum atomic E-state index is 0.753. The third kappa shape index (κ3) is 2.58. The maximum Gasteiger partial charge on any atom is 0.161 e. The molecule has 17 heavy (non-hydrogen) atoms. The standard InChI is InChI=1S/C13H16N4/c1-3-10-9-14-7-5-11(10)13-16-8-6-12(17-13)15-4-2/h5-9H,3-4H2,1-2H3,(H,15,16,17). The number of nitrogens with zero attached hydrogens (tertiary/aromatic N) is 3. The van der Waals surface area contributed by atoms with E-state index in [9.17, 15) is 0 Å². The summed E-state index contributed by atoms with van der Waals surface area (Å²) in [6, 6.07) is 3.84. The summed E-state index contributed by atoms with van der Waals surface area (Å²) in [5, 5.41) is 3.19. The monoisotopic (exact) mass is 228 g/mol. The van der Waals surface area contributed by atoms with Crippen molar-refractivity contribution in [3.8, 4) is 11.4 Å². The second-order valence-corrected chi connectivity index (χ2v) is 3.68. The molecule has 0 unspecified atom stereocenters. The van der Waals surface area contributed by atoms with Crippen molar-refractivity contribution < 1.29 is 0 Å². The van der Waals surface area contributed by atoms with E-state index in [4.69, 9.17) is 0 Å². The fraction of sp³-hybridized carbons (Fsp3) is 0.308.